The van der Waals surface area contributed by atoms with Gasteiger partial charge in [0, 0.05) is 25.8 Å². The molecular formula is C16H23F3N4O. The van der Waals surface area contributed by atoms with Crippen molar-refractivity contribution in [3.05, 3.63) is 17.6 Å². The second-order valence-electron chi connectivity index (χ2n) is 6.17. The van der Waals surface area contributed by atoms with E-state index in [1.807, 2.05) is 18.7 Å². The zero-order valence-electron chi connectivity index (χ0n) is 14.2. The molecule has 1 aromatic heterocycles. The fourth-order valence-corrected chi connectivity index (χ4v) is 3.02. The number of amides is 1. The first-order valence-corrected chi connectivity index (χ1v) is 8.12. The van der Waals surface area contributed by atoms with Crippen molar-refractivity contribution >= 4 is 11.7 Å². The molecule has 1 aliphatic rings. The number of carbonyl (C=O) groups is 1. The summed E-state index contributed by atoms with van der Waals surface area (Å²) in [6, 6.07) is 0. The maximum atomic E-state index is 12.6. The molecule has 0 unspecified atom stereocenters. The predicted molar refractivity (Wildman–Crippen MR) is 84.8 cm³/mol. The van der Waals surface area contributed by atoms with Gasteiger partial charge in [-0.25, -0.2) is 4.98 Å². The Bertz CT molecular complexity index is 591. The van der Waals surface area contributed by atoms with Gasteiger partial charge in [0.1, 0.15) is 12.4 Å². The molecule has 0 spiro atoms. The number of aryl methyl sites for hydroxylation is 2. The minimum Gasteiger partial charge on any atom is -0.354 e. The summed E-state index contributed by atoms with van der Waals surface area (Å²) < 4.78 is 37.9. The van der Waals surface area contributed by atoms with Gasteiger partial charge in [0.15, 0.2) is 0 Å². The van der Waals surface area contributed by atoms with Gasteiger partial charge in [0.2, 0.25) is 5.91 Å². The minimum absolute atomic E-state index is 0.0537. The predicted octanol–water partition coefficient (Wildman–Crippen LogP) is 2.72. The van der Waals surface area contributed by atoms with Gasteiger partial charge in [-0.3, -0.25) is 9.78 Å². The van der Waals surface area contributed by atoms with E-state index in [0.29, 0.717) is 18.8 Å². The molecule has 1 fully saturated rings. The number of halogens is 3. The summed E-state index contributed by atoms with van der Waals surface area (Å²) in [5, 5.41) is 0. The molecule has 0 aromatic carbocycles. The van der Waals surface area contributed by atoms with E-state index < -0.39 is 24.5 Å². The van der Waals surface area contributed by atoms with Crippen LogP contribution in [0.1, 0.15) is 31.2 Å². The van der Waals surface area contributed by atoms with Crippen LogP contribution in [0, 0.1) is 19.8 Å². The molecule has 0 N–H and O–H groups in total. The van der Waals surface area contributed by atoms with Gasteiger partial charge in [-0.1, -0.05) is 0 Å². The number of rotatable bonds is 4. The molecule has 1 atom stereocenters. The van der Waals surface area contributed by atoms with Crippen LogP contribution < -0.4 is 4.90 Å². The van der Waals surface area contributed by atoms with Crippen LogP contribution in [-0.2, 0) is 4.79 Å². The molecule has 1 aromatic rings. The number of aromatic nitrogens is 2. The number of carbonyl (C=O) groups excluding carboxylic acids is 1. The maximum Gasteiger partial charge on any atom is 0.406 e. The Hall–Kier alpha value is -1.86. The van der Waals surface area contributed by atoms with Crippen molar-refractivity contribution in [3.8, 4) is 0 Å². The molecule has 1 saturated heterocycles. The van der Waals surface area contributed by atoms with E-state index in [1.165, 1.54) is 0 Å². The molecule has 1 amide bonds. The van der Waals surface area contributed by atoms with Gasteiger partial charge in [0.05, 0.1) is 17.3 Å². The fraction of sp³-hybridized carbons (Fsp3) is 0.688. The second-order valence-corrected chi connectivity index (χ2v) is 6.17. The smallest absolute Gasteiger partial charge is 0.354 e. The molecule has 8 heteroatoms. The molecule has 2 rings (SSSR count). The third-order valence-corrected chi connectivity index (χ3v) is 4.18. The van der Waals surface area contributed by atoms with Crippen molar-refractivity contribution in [2.45, 2.75) is 39.8 Å². The lowest BCUT2D eigenvalue weighted by Gasteiger charge is -2.36. The van der Waals surface area contributed by atoms with Gasteiger partial charge in [-0.05, 0) is 33.6 Å². The lowest BCUT2D eigenvalue weighted by Crippen LogP contribution is -2.47. The molecule has 5 nitrogen and oxygen atoms in total. The first-order chi connectivity index (χ1) is 11.2. The van der Waals surface area contributed by atoms with Crippen LogP contribution in [0.4, 0.5) is 19.0 Å². The van der Waals surface area contributed by atoms with Gasteiger partial charge < -0.3 is 9.80 Å². The van der Waals surface area contributed by atoms with Crippen LogP contribution in [0.15, 0.2) is 6.20 Å². The quantitative estimate of drug-likeness (QED) is 0.843. The summed E-state index contributed by atoms with van der Waals surface area (Å²) in [4.78, 5) is 24.1. The van der Waals surface area contributed by atoms with Crippen LogP contribution >= 0.6 is 0 Å². The second kappa shape index (κ2) is 7.36. The van der Waals surface area contributed by atoms with Crippen LogP contribution in [0.2, 0.25) is 0 Å². The van der Waals surface area contributed by atoms with Crippen LogP contribution in [-0.4, -0.2) is 53.1 Å². The minimum atomic E-state index is -4.38. The molecule has 1 aliphatic heterocycles. The normalized spacial score (nSPS) is 18.6. The van der Waals surface area contributed by atoms with Crippen LogP contribution in [0.25, 0.3) is 0 Å². The van der Waals surface area contributed by atoms with E-state index in [2.05, 4.69) is 9.97 Å². The van der Waals surface area contributed by atoms with Crippen molar-refractivity contribution in [2.75, 3.05) is 31.1 Å². The first kappa shape index (κ1) is 18.5. The molecule has 134 valence electrons. The first-order valence-electron chi connectivity index (χ1n) is 8.12. The maximum absolute atomic E-state index is 12.6. The van der Waals surface area contributed by atoms with Crippen molar-refractivity contribution in [3.63, 3.8) is 0 Å². The SMILES string of the molecule is CCN(CC(F)(F)F)C(=O)[C@@H]1CCCN(c2nc(C)cnc2C)C1. The fourth-order valence-electron chi connectivity index (χ4n) is 3.02. The largest absolute Gasteiger partial charge is 0.406 e. The summed E-state index contributed by atoms with van der Waals surface area (Å²) in [7, 11) is 0. The van der Waals surface area contributed by atoms with E-state index in [-0.39, 0.29) is 6.54 Å². The summed E-state index contributed by atoms with van der Waals surface area (Å²) >= 11 is 0. The standard InChI is InChI=1S/C16H23F3N4O/c1-4-22(10-16(17,18)19)15(24)13-6-5-7-23(9-13)14-12(3)20-8-11(2)21-14/h8,13H,4-7,9-10H2,1-3H3/t13-/m1/s1. The van der Waals surface area contributed by atoms with E-state index in [4.69, 9.17) is 0 Å². The number of hydrogen-bond donors (Lipinski definition) is 0. The Labute approximate surface area is 139 Å². The zero-order chi connectivity index (χ0) is 17.9. The van der Waals surface area contributed by atoms with Crippen LogP contribution in [0.3, 0.4) is 0 Å². The molecule has 24 heavy (non-hydrogen) atoms. The lowest BCUT2D eigenvalue weighted by atomic mass is 9.96. The molecule has 0 bridgehead atoms. The highest BCUT2D eigenvalue weighted by Gasteiger charge is 2.36. The number of alkyl halides is 3. The highest BCUT2D eigenvalue weighted by Crippen LogP contribution is 2.26. The average molecular weight is 344 g/mol. The van der Waals surface area contributed by atoms with Crippen LogP contribution in [0.5, 0.6) is 0 Å². The van der Waals surface area contributed by atoms with E-state index >= 15 is 0 Å². The highest BCUT2D eigenvalue weighted by molar-refractivity contribution is 5.79. The Kier molecular flexibility index (Phi) is 5.66. The Balaban J connectivity index is 2.12. The number of piperidine rings is 1. The molecule has 0 saturated carbocycles. The Morgan fingerprint density at radius 1 is 1.42 bits per heavy atom. The van der Waals surface area contributed by atoms with Gasteiger partial charge in [0.25, 0.3) is 0 Å². The van der Waals surface area contributed by atoms with E-state index in [9.17, 15) is 18.0 Å². The van der Waals surface area contributed by atoms with Crippen molar-refractivity contribution in [1.29, 1.82) is 0 Å². The number of anilines is 1. The monoisotopic (exact) mass is 344 g/mol. The van der Waals surface area contributed by atoms with Gasteiger partial charge in [-0.2, -0.15) is 13.2 Å². The van der Waals surface area contributed by atoms with Crippen molar-refractivity contribution in [2.24, 2.45) is 5.92 Å². The highest BCUT2D eigenvalue weighted by atomic mass is 19.4. The summed E-state index contributed by atoms with van der Waals surface area (Å²) in [5.74, 6) is -0.160. The molecular weight excluding hydrogens is 321 g/mol. The summed E-state index contributed by atoms with van der Waals surface area (Å²) in [5.41, 5.74) is 1.53. The van der Waals surface area contributed by atoms with Crippen molar-refractivity contribution < 1.29 is 18.0 Å². The Morgan fingerprint density at radius 3 is 2.75 bits per heavy atom. The van der Waals surface area contributed by atoms with Gasteiger partial charge in [-0.15, -0.1) is 0 Å². The van der Waals surface area contributed by atoms with E-state index in [1.54, 1.807) is 13.1 Å². The third-order valence-electron chi connectivity index (χ3n) is 4.18. The van der Waals surface area contributed by atoms with Gasteiger partial charge >= 0.3 is 6.18 Å². The molecule has 2 heterocycles. The van der Waals surface area contributed by atoms with E-state index in [0.717, 1.165) is 29.3 Å². The Morgan fingerprint density at radius 2 is 2.12 bits per heavy atom. The third kappa shape index (κ3) is 4.58. The number of nitrogens with zero attached hydrogens (tertiary/aromatic N) is 4. The number of hydrogen-bond acceptors (Lipinski definition) is 4. The molecule has 0 radical (unpaired) electrons. The van der Waals surface area contributed by atoms with Crippen molar-refractivity contribution in [1.82, 2.24) is 14.9 Å². The average Bonchev–Trinajstić information content (AvgIpc) is 2.53. The topological polar surface area (TPSA) is 49.3 Å². The summed E-state index contributed by atoms with van der Waals surface area (Å²) in [6.07, 6.45) is -1.36. The lowest BCUT2D eigenvalue weighted by molar-refractivity contribution is -0.163. The molecule has 0 aliphatic carbocycles. The zero-order valence-corrected chi connectivity index (χ0v) is 14.2. The summed E-state index contributed by atoms with van der Waals surface area (Å²) in [6.45, 7) is 5.22.